The summed E-state index contributed by atoms with van der Waals surface area (Å²) in [6, 6.07) is 4.08. The molecule has 5 nitrogen and oxygen atoms in total. The molecule has 0 aliphatic rings. The topological polar surface area (TPSA) is 83.8 Å². The molecule has 0 saturated heterocycles. The van der Waals surface area contributed by atoms with Gasteiger partial charge in [-0.05, 0) is 24.3 Å². The van der Waals surface area contributed by atoms with Gasteiger partial charge in [0.15, 0.2) is 0 Å². The molecule has 4 N–H and O–H groups in total. The average Bonchev–Trinajstić information content (AvgIpc) is 2.99. The quantitative estimate of drug-likeness (QED) is 0.712. The molecule has 2 aromatic rings. The lowest BCUT2D eigenvalue weighted by Gasteiger charge is -2.04. The largest absolute Gasteiger partial charge is 0.389 e. The molecule has 0 atom stereocenters. The first kappa shape index (κ1) is 13.7. The molecule has 0 saturated carbocycles. The van der Waals surface area contributed by atoms with Crippen molar-refractivity contribution in [2.45, 2.75) is 19.3 Å². The van der Waals surface area contributed by atoms with Gasteiger partial charge in [0.05, 0.1) is 11.8 Å². The van der Waals surface area contributed by atoms with Gasteiger partial charge in [0, 0.05) is 11.3 Å². The van der Waals surface area contributed by atoms with Crippen LogP contribution in [0, 0.1) is 0 Å². The Hall–Kier alpha value is -1.73. The molecule has 100 valence electrons. The number of hydrogen-bond donors (Lipinski definition) is 3. The van der Waals surface area contributed by atoms with Crippen molar-refractivity contribution in [3.05, 3.63) is 34.2 Å². The molecule has 0 radical (unpaired) electrons. The van der Waals surface area contributed by atoms with Crippen LogP contribution in [0.3, 0.4) is 0 Å². The van der Waals surface area contributed by atoms with Crippen LogP contribution in [0.1, 0.15) is 23.3 Å². The van der Waals surface area contributed by atoms with Crippen molar-refractivity contribution < 1.29 is 4.79 Å². The number of nitrogens with two attached hydrogens (primary N) is 1. The highest BCUT2D eigenvalue weighted by molar-refractivity contribution is 7.80. The van der Waals surface area contributed by atoms with Gasteiger partial charge in [0.25, 0.3) is 0 Å². The summed E-state index contributed by atoms with van der Waals surface area (Å²) >= 11 is 6.57. The number of nitrogens with zero attached hydrogens (tertiary/aromatic N) is 1. The number of nitrogens with one attached hydrogen (secondary N) is 2. The minimum Gasteiger partial charge on any atom is -0.389 e. The zero-order valence-electron chi connectivity index (χ0n) is 10.2. The van der Waals surface area contributed by atoms with Gasteiger partial charge in [-0.3, -0.25) is 9.89 Å². The molecule has 7 heteroatoms. The summed E-state index contributed by atoms with van der Waals surface area (Å²) in [4.78, 5) is 13.3. The van der Waals surface area contributed by atoms with Crippen LogP contribution in [0.5, 0.6) is 0 Å². The molecular formula is C12H14N4OS2. The summed E-state index contributed by atoms with van der Waals surface area (Å²) in [5, 5.41) is 11.3. The highest BCUT2D eigenvalue weighted by atomic mass is 32.1. The summed E-state index contributed by atoms with van der Waals surface area (Å²) in [5.74, 6) is 0.395. The summed E-state index contributed by atoms with van der Waals surface area (Å²) < 4.78 is 0. The molecular weight excluding hydrogens is 280 g/mol. The first-order valence-electron chi connectivity index (χ1n) is 5.82. The Kier molecular flexibility index (Phi) is 4.64. The molecule has 0 aliphatic carbocycles. The molecule has 0 spiro atoms. The fourth-order valence-electron chi connectivity index (χ4n) is 1.65. The van der Waals surface area contributed by atoms with Crippen molar-refractivity contribution in [3.8, 4) is 0 Å². The summed E-state index contributed by atoms with van der Waals surface area (Å²) in [5.41, 5.74) is 6.08. The van der Waals surface area contributed by atoms with Crippen molar-refractivity contribution in [2.75, 3.05) is 5.32 Å². The zero-order chi connectivity index (χ0) is 13.7. The van der Waals surface area contributed by atoms with E-state index in [2.05, 4.69) is 21.6 Å². The van der Waals surface area contributed by atoms with E-state index < -0.39 is 0 Å². The van der Waals surface area contributed by atoms with Crippen LogP contribution in [0.2, 0.25) is 0 Å². The maximum absolute atomic E-state index is 11.8. The van der Waals surface area contributed by atoms with Crippen LogP contribution in [0.4, 0.5) is 5.82 Å². The van der Waals surface area contributed by atoms with Gasteiger partial charge in [0.2, 0.25) is 5.91 Å². The summed E-state index contributed by atoms with van der Waals surface area (Å²) in [7, 11) is 0. The maximum Gasteiger partial charge on any atom is 0.225 e. The van der Waals surface area contributed by atoms with Crippen molar-refractivity contribution in [1.82, 2.24) is 10.2 Å². The van der Waals surface area contributed by atoms with Gasteiger partial charge in [-0.15, -0.1) is 11.3 Å². The fraction of sp³-hybridized carbons (Fsp3) is 0.250. The predicted molar refractivity (Wildman–Crippen MR) is 80.4 cm³/mol. The lowest BCUT2D eigenvalue weighted by Crippen LogP contribution is -2.16. The highest BCUT2D eigenvalue weighted by Gasteiger charge is 2.10. The molecule has 0 aliphatic heterocycles. The Bertz CT molecular complexity index is 562. The van der Waals surface area contributed by atoms with E-state index in [4.69, 9.17) is 18.0 Å². The number of H-pyrrole nitrogens is 1. The molecule has 2 heterocycles. The molecule has 0 fully saturated rings. The monoisotopic (exact) mass is 294 g/mol. The predicted octanol–water partition coefficient (Wildman–Crippen LogP) is 2.07. The molecule has 2 aromatic heterocycles. The number of rotatable bonds is 6. The number of thiophene rings is 1. The van der Waals surface area contributed by atoms with E-state index in [1.807, 2.05) is 11.4 Å². The Balaban J connectivity index is 1.81. The third kappa shape index (κ3) is 3.87. The minimum atomic E-state index is -0.0710. The molecule has 0 unspecified atom stereocenters. The van der Waals surface area contributed by atoms with E-state index in [0.29, 0.717) is 17.8 Å². The van der Waals surface area contributed by atoms with Gasteiger partial charge in [0.1, 0.15) is 10.8 Å². The standard InChI is InChI=1S/C12H14N4OS2/c13-11(18)9-7-14-16-12(9)15-10(17)5-1-3-8-4-2-6-19-8/h2,4,6-7H,1,3,5H2,(H2,13,18)(H2,14,15,16,17). The second kappa shape index (κ2) is 6.44. The van der Waals surface area contributed by atoms with Crippen LogP contribution in [-0.2, 0) is 11.2 Å². The average molecular weight is 294 g/mol. The number of carbonyl (C=O) groups is 1. The van der Waals surface area contributed by atoms with Crippen LogP contribution in [0.15, 0.2) is 23.7 Å². The second-order valence-corrected chi connectivity index (χ2v) is 5.48. The molecule has 0 bridgehead atoms. The van der Waals surface area contributed by atoms with E-state index in [-0.39, 0.29) is 10.9 Å². The number of aromatic amines is 1. The summed E-state index contributed by atoms with van der Waals surface area (Å²) in [6.07, 6.45) is 3.68. The second-order valence-electron chi connectivity index (χ2n) is 4.00. The third-order valence-electron chi connectivity index (χ3n) is 2.58. The molecule has 2 rings (SSSR count). The molecule has 19 heavy (non-hydrogen) atoms. The van der Waals surface area contributed by atoms with Gasteiger partial charge in [-0.1, -0.05) is 18.3 Å². The lowest BCUT2D eigenvalue weighted by molar-refractivity contribution is -0.116. The van der Waals surface area contributed by atoms with Crippen LogP contribution >= 0.6 is 23.6 Å². The van der Waals surface area contributed by atoms with E-state index in [0.717, 1.165) is 12.8 Å². The van der Waals surface area contributed by atoms with Gasteiger partial charge < -0.3 is 11.1 Å². The van der Waals surface area contributed by atoms with Crippen molar-refractivity contribution >= 4 is 40.3 Å². The maximum atomic E-state index is 11.8. The lowest BCUT2D eigenvalue weighted by atomic mass is 10.2. The van der Waals surface area contributed by atoms with E-state index in [1.54, 1.807) is 11.3 Å². The minimum absolute atomic E-state index is 0.0710. The number of hydrogen-bond acceptors (Lipinski definition) is 4. The van der Waals surface area contributed by atoms with E-state index in [1.165, 1.54) is 11.1 Å². The Labute approximate surface area is 120 Å². The Morgan fingerprint density at radius 2 is 2.42 bits per heavy atom. The number of anilines is 1. The number of thiocarbonyl (C=S) groups is 1. The number of aromatic nitrogens is 2. The fourth-order valence-corrected chi connectivity index (χ4v) is 2.55. The van der Waals surface area contributed by atoms with Crippen LogP contribution in [-0.4, -0.2) is 21.1 Å². The number of amides is 1. The summed E-state index contributed by atoms with van der Waals surface area (Å²) in [6.45, 7) is 0. The molecule has 0 aromatic carbocycles. The molecule has 1 amide bonds. The van der Waals surface area contributed by atoms with Crippen LogP contribution < -0.4 is 11.1 Å². The first-order chi connectivity index (χ1) is 9.16. The smallest absolute Gasteiger partial charge is 0.225 e. The zero-order valence-corrected chi connectivity index (χ0v) is 11.8. The van der Waals surface area contributed by atoms with E-state index >= 15 is 0 Å². The van der Waals surface area contributed by atoms with Crippen molar-refractivity contribution in [3.63, 3.8) is 0 Å². The normalized spacial score (nSPS) is 10.3. The van der Waals surface area contributed by atoms with Crippen molar-refractivity contribution in [1.29, 1.82) is 0 Å². The Morgan fingerprint density at radius 1 is 1.58 bits per heavy atom. The van der Waals surface area contributed by atoms with Gasteiger partial charge in [-0.2, -0.15) is 5.10 Å². The SMILES string of the molecule is NC(=S)c1cn[nH]c1NC(=O)CCCc1cccs1. The van der Waals surface area contributed by atoms with Crippen LogP contribution in [0.25, 0.3) is 0 Å². The van der Waals surface area contributed by atoms with Gasteiger partial charge >= 0.3 is 0 Å². The number of carbonyl (C=O) groups excluding carboxylic acids is 1. The number of aryl methyl sites for hydroxylation is 1. The Morgan fingerprint density at radius 3 is 3.11 bits per heavy atom. The highest BCUT2D eigenvalue weighted by Crippen LogP contribution is 2.14. The third-order valence-corrected chi connectivity index (χ3v) is 3.73. The van der Waals surface area contributed by atoms with Gasteiger partial charge in [-0.25, -0.2) is 0 Å². The van der Waals surface area contributed by atoms with Crippen molar-refractivity contribution in [2.24, 2.45) is 5.73 Å². The van der Waals surface area contributed by atoms with E-state index in [9.17, 15) is 4.79 Å². The first-order valence-corrected chi connectivity index (χ1v) is 7.11.